The zero-order chi connectivity index (χ0) is 18.3. The fourth-order valence-electron chi connectivity index (χ4n) is 3.53. The van der Waals surface area contributed by atoms with Crippen molar-refractivity contribution in [1.29, 1.82) is 0 Å². The van der Waals surface area contributed by atoms with Crippen molar-refractivity contribution in [3.05, 3.63) is 71.8 Å². The standard InChI is InChI=1S/C19H17N3O4/c23-17-15-16(18(24)22(17)26)21(12-14-9-5-2-6-10-14)19(25)20(15)11-13-7-3-1-4-8-13/h1-10,15-16,26H,11-12H2. The average molecular weight is 351 g/mol. The van der Waals surface area contributed by atoms with E-state index >= 15 is 0 Å². The largest absolute Gasteiger partial charge is 0.322 e. The first-order valence-electron chi connectivity index (χ1n) is 8.29. The molecule has 26 heavy (non-hydrogen) atoms. The van der Waals surface area contributed by atoms with E-state index in [0.29, 0.717) is 0 Å². The summed E-state index contributed by atoms with van der Waals surface area (Å²) in [5.41, 5.74) is 1.69. The Labute approximate surface area is 150 Å². The van der Waals surface area contributed by atoms with E-state index in [0.717, 1.165) is 11.1 Å². The van der Waals surface area contributed by atoms with Crippen LogP contribution in [0.5, 0.6) is 0 Å². The highest BCUT2D eigenvalue weighted by Crippen LogP contribution is 2.33. The number of amides is 4. The lowest BCUT2D eigenvalue weighted by Crippen LogP contribution is -2.42. The molecule has 2 atom stereocenters. The van der Waals surface area contributed by atoms with Gasteiger partial charge in [-0.15, -0.1) is 0 Å². The van der Waals surface area contributed by atoms with Crippen LogP contribution in [0.1, 0.15) is 11.1 Å². The van der Waals surface area contributed by atoms with Gasteiger partial charge in [0.05, 0.1) is 0 Å². The van der Waals surface area contributed by atoms with Gasteiger partial charge in [-0.1, -0.05) is 60.7 Å². The summed E-state index contributed by atoms with van der Waals surface area (Å²) in [7, 11) is 0. The van der Waals surface area contributed by atoms with Crippen molar-refractivity contribution in [3.8, 4) is 0 Å². The molecule has 0 bridgehead atoms. The van der Waals surface area contributed by atoms with Gasteiger partial charge in [-0.2, -0.15) is 5.06 Å². The highest BCUT2D eigenvalue weighted by atomic mass is 16.5. The first-order chi connectivity index (χ1) is 12.6. The quantitative estimate of drug-likeness (QED) is 0.670. The number of rotatable bonds is 4. The van der Waals surface area contributed by atoms with Crippen molar-refractivity contribution in [2.24, 2.45) is 0 Å². The Morgan fingerprint density at radius 2 is 1.08 bits per heavy atom. The SMILES string of the molecule is O=C1C2C(C(=O)N1O)N(Cc1ccccc1)C(=O)N2Cc1ccccc1. The molecule has 0 spiro atoms. The first-order valence-corrected chi connectivity index (χ1v) is 8.29. The molecule has 4 rings (SSSR count). The van der Waals surface area contributed by atoms with Crippen molar-refractivity contribution in [1.82, 2.24) is 14.9 Å². The molecule has 2 aliphatic heterocycles. The van der Waals surface area contributed by atoms with E-state index in [1.54, 1.807) is 0 Å². The van der Waals surface area contributed by atoms with Gasteiger partial charge in [-0.25, -0.2) is 4.79 Å². The van der Waals surface area contributed by atoms with E-state index in [4.69, 9.17) is 0 Å². The molecule has 7 heteroatoms. The normalized spacial score (nSPS) is 22.3. The topological polar surface area (TPSA) is 81.2 Å². The highest BCUT2D eigenvalue weighted by Gasteiger charge is 2.60. The van der Waals surface area contributed by atoms with Crippen molar-refractivity contribution in [2.75, 3.05) is 0 Å². The maximum absolute atomic E-state index is 13.0. The molecule has 0 aromatic heterocycles. The fraction of sp³-hybridized carbons (Fsp3) is 0.211. The lowest BCUT2D eigenvalue weighted by molar-refractivity contribution is -0.173. The Balaban J connectivity index is 1.68. The number of carbonyl (C=O) groups excluding carboxylic acids is 3. The predicted octanol–water partition coefficient (Wildman–Crippen LogP) is 1.62. The van der Waals surface area contributed by atoms with E-state index in [1.807, 2.05) is 60.7 Å². The molecule has 4 amide bonds. The number of hydrogen-bond donors (Lipinski definition) is 1. The molecule has 132 valence electrons. The Bertz CT molecular complexity index is 786. The van der Waals surface area contributed by atoms with E-state index < -0.39 is 23.9 Å². The van der Waals surface area contributed by atoms with E-state index in [-0.39, 0.29) is 24.2 Å². The van der Waals surface area contributed by atoms with Crippen molar-refractivity contribution >= 4 is 17.8 Å². The van der Waals surface area contributed by atoms with Crippen LogP contribution < -0.4 is 0 Å². The summed E-state index contributed by atoms with van der Waals surface area (Å²) < 4.78 is 0. The predicted molar refractivity (Wildman–Crippen MR) is 90.6 cm³/mol. The minimum atomic E-state index is -1.01. The molecule has 2 aliphatic rings. The molecular formula is C19H17N3O4. The first kappa shape index (κ1) is 16.3. The molecular weight excluding hydrogens is 334 g/mol. The number of imide groups is 1. The second kappa shape index (κ2) is 6.27. The van der Waals surface area contributed by atoms with Crippen molar-refractivity contribution < 1.29 is 19.6 Å². The summed E-state index contributed by atoms with van der Waals surface area (Å²) in [6, 6.07) is 16.1. The van der Waals surface area contributed by atoms with Gasteiger partial charge in [-0.05, 0) is 11.1 Å². The fourth-order valence-corrected chi connectivity index (χ4v) is 3.53. The maximum atomic E-state index is 13.0. The second-order valence-electron chi connectivity index (χ2n) is 6.39. The van der Waals surface area contributed by atoms with Gasteiger partial charge in [0.15, 0.2) is 0 Å². The molecule has 2 aromatic rings. The number of hydroxylamine groups is 2. The van der Waals surface area contributed by atoms with Crippen LogP contribution in [0.2, 0.25) is 0 Å². The third kappa shape index (κ3) is 2.53. The highest BCUT2D eigenvalue weighted by molar-refractivity contribution is 6.12. The third-order valence-electron chi connectivity index (χ3n) is 4.78. The Morgan fingerprint density at radius 1 is 0.692 bits per heavy atom. The minimum absolute atomic E-state index is 0.137. The van der Waals surface area contributed by atoms with Gasteiger partial charge >= 0.3 is 6.03 Å². The molecule has 2 fully saturated rings. The molecule has 0 saturated carbocycles. The Kier molecular flexibility index (Phi) is 3.93. The average Bonchev–Trinajstić information content (AvgIpc) is 3.05. The molecule has 0 aliphatic carbocycles. The summed E-state index contributed by atoms with van der Waals surface area (Å²) in [6.07, 6.45) is 0. The van der Waals surface area contributed by atoms with Gasteiger partial charge < -0.3 is 9.80 Å². The zero-order valence-corrected chi connectivity index (χ0v) is 13.9. The molecule has 7 nitrogen and oxygen atoms in total. The Morgan fingerprint density at radius 3 is 1.46 bits per heavy atom. The van der Waals surface area contributed by atoms with Crippen LogP contribution in [0.15, 0.2) is 60.7 Å². The van der Waals surface area contributed by atoms with Crippen LogP contribution in [-0.4, -0.2) is 50.0 Å². The number of nitrogens with zero attached hydrogens (tertiary/aromatic N) is 3. The van der Waals surface area contributed by atoms with Crippen LogP contribution in [0.4, 0.5) is 4.79 Å². The maximum Gasteiger partial charge on any atom is 0.322 e. The molecule has 2 saturated heterocycles. The molecule has 0 radical (unpaired) electrons. The minimum Gasteiger partial charge on any atom is -0.305 e. The summed E-state index contributed by atoms with van der Waals surface area (Å²) >= 11 is 0. The molecule has 1 N–H and O–H groups in total. The zero-order valence-electron chi connectivity index (χ0n) is 13.9. The van der Waals surface area contributed by atoms with Crippen LogP contribution in [0.25, 0.3) is 0 Å². The summed E-state index contributed by atoms with van der Waals surface area (Å²) in [4.78, 5) is 40.4. The number of hydrogen-bond acceptors (Lipinski definition) is 4. The van der Waals surface area contributed by atoms with Gasteiger partial charge in [0.2, 0.25) is 0 Å². The van der Waals surface area contributed by atoms with Crippen LogP contribution in [0.3, 0.4) is 0 Å². The van der Waals surface area contributed by atoms with Gasteiger partial charge in [-0.3, -0.25) is 14.8 Å². The smallest absolute Gasteiger partial charge is 0.305 e. The lowest BCUT2D eigenvalue weighted by atomic mass is 10.1. The summed E-state index contributed by atoms with van der Waals surface area (Å²) in [5, 5.41) is 9.93. The third-order valence-corrected chi connectivity index (χ3v) is 4.78. The number of urea groups is 1. The number of carbonyl (C=O) groups is 3. The summed E-state index contributed by atoms with van der Waals surface area (Å²) in [5.74, 6) is -1.53. The number of benzene rings is 2. The van der Waals surface area contributed by atoms with Crippen molar-refractivity contribution in [3.63, 3.8) is 0 Å². The van der Waals surface area contributed by atoms with Crippen LogP contribution in [0, 0.1) is 0 Å². The van der Waals surface area contributed by atoms with Crippen molar-refractivity contribution in [2.45, 2.75) is 25.2 Å². The lowest BCUT2D eigenvalue weighted by Gasteiger charge is -2.23. The molecule has 2 unspecified atom stereocenters. The summed E-state index contributed by atoms with van der Waals surface area (Å²) in [6.45, 7) is 0.387. The molecule has 2 aromatic carbocycles. The van der Waals surface area contributed by atoms with Gasteiger partial charge in [0.25, 0.3) is 11.8 Å². The molecule has 2 heterocycles. The van der Waals surface area contributed by atoms with E-state index in [1.165, 1.54) is 9.80 Å². The second-order valence-corrected chi connectivity index (χ2v) is 6.39. The van der Waals surface area contributed by atoms with Gasteiger partial charge in [0.1, 0.15) is 12.1 Å². The van der Waals surface area contributed by atoms with E-state index in [9.17, 15) is 19.6 Å². The van der Waals surface area contributed by atoms with Gasteiger partial charge in [0, 0.05) is 13.1 Å². The number of fused-ring (bicyclic) bond motifs is 1. The van der Waals surface area contributed by atoms with E-state index in [2.05, 4.69) is 0 Å². The van der Waals surface area contributed by atoms with Crippen LogP contribution >= 0.6 is 0 Å². The van der Waals surface area contributed by atoms with Crippen LogP contribution in [-0.2, 0) is 22.7 Å². The Hall–Kier alpha value is -3.19. The monoisotopic (exact) mass is 351 g/mol.